The van der Waals surface area contributed by atoms with Crippen LogP contribution in [0.3, 0.4) is 0 Å². The van der Waals surface area contributed by atoms with Crippen LogP contribution in [0, 0.1) is 10.1 Å². The number of nitro benzene ring substituents is 1. The Bertz CT molecular complexity index is 742. The summed E-state index contributed by atoms with van der Waals surface area (Å²) >= 11 is 0. The van der Waals surface area contributed by atoms with Crippen molar-refractivity contribution in [2.75, 3.05) is 0 Å². The maximum absolute atomic E-state index is 12.1. The average molecular weight is 311 g/mol. The predicted molar refractivity (Wildman–Crippen MR) is 87.2 cm³/mol. The van der Waals surface area contributed by atoms with Crippen LogP contribution in [0.15, 0.2) is 42.7 Å². The number of hydrogen-bond donors (Lipinski definition) is 0. The second-order valence-corrected chi connectivity index (χ2v) is 6.08. The first-order valence-electron chi connectivity index (χ1n) is 7.07. The third kappa shape index (κ3) is 4.29. The van der Waals surface area contributed by atoms with Gasteiger partial charge in [-0.15, -0.1) is 0 Å². The summed E-state index contributed by atoms with van der Waals surface area (Å²) in [6.07, 6.45) is 6.03. The summed E-state index contributed by atoms with van der Waals surface area (Å²) in [4.78, 5) is 30.6. The van der Waals surface area contributed by atoms with Gasteiger partial charge in [0, 0.05) is 23.7 Å². The maximum atomic E-state index is 12.1. The Hall–Kier alpha value is -2.89. The molecular formula is C17H17N3O3. The summed E-state index contributed by atoms with van der Waals surface area (Å²) in [5, 5.41) is 10.6. The number of hydrogen-bond acceptors (Lipinski definition) is 5. The molecule has 23 heavy (non-hydrogen) atoms. The molecule has 1 heterocycles. The topological polar surface area (TPSA) is 86.0 Å². The van der Waals surface area contributed by atoms with E-state index in [1.807, 2.05) is 20.8 Å². The van der Waals surface area contributed by atoms with Crippen molar-refractivity contribution in [3.63, 3.8) is 0 Å². The van der Waals surface area contributed by atoms with Crippen LogP contribution in [-0.4, -0.2) is 20.7 Å². The van der Waals surface area contributed by atoms with Crippen molar-refractivity contribution in [3.8, 4) is 0 Å². The Morgan fingerprint density at radius 3 is 2.26 bits per heavy atom. The van der Waals surface area contributed by atoms with Gasteiger partial charge in [-0.25, -0.2) is 4.98 Å². The first-order chi connectivity index (χ1) is 10.8. The Labute approximate surface area is 134 Å². The van der Waals surface area contributed by atoms with Crippen LogP contribution in [0.5, 0.6) is 0 Å². The first kappa shape index (κ1) is 16.5. The summed E-state index contributed by atoms with van der Waals surface area (Å²) in [6.45, 7) is 6.06. The molecule has 1 aromatic carbocycles. The number of nitrogens with zero attached hydrogens (tertiary/aromatic N) is 3. The van der Waals surface area contributed by atoms with Gasteiger partial charge in [-0.05, 0) is 23.8 Å². The minimum atomic E-state index is -0.467. The fourth-order valence-electron chi connectivity index (χ4n) is 1.81. The van der Waals surface area contributed by atoms with Crippen molar-refractivity contribution >= 4 is 17.5 Å². The Kier molecular flexibility index (Phi) is 4.64. The highest BCUT2D eigenvalue weighted by molar-refractivity contribution is 6.05. The molecule has 0 aliphatic carbocycles. The van der Waals surface area contributed by atoms with Crippen LogP contribution < -0.4 is 0 Å². The molecule has 0 aliphatic heterocycles. The molecule has 1 aromatic heterocycles. The van der Waals surface area contributed by atoms with E-state index in [4.69, 9.17) is 0 Å². The summed E-state index contributed by atoms with van der Waals surface area (Å²) in [7, 11) is 0. The van der Waals surface area contributed by atoms with E-state index in [1.54, 1.807) is 24.4 Å². The van der Waals surface area contributed by atoms with Gasteiger partial charge in [-0.3, -0.25) is 19.9 Å². The SMILES string of the molecule is CC(C)(C)c1cnc(C(=O)/C=C/c2ccc([N+](=O)[O-])cc2)cn1. The molecule has 0 spiro atoms. The van der Waals surface area contributed by atoms with Gasteiger partial charge in [0.05, 0.1) is 16.8 Å². The number of ketones is 1. The maximum Gasteiger partial charge on any atom is 0.269 e. The van der Waals surface area contributed by atoms with E-state index in [-0.39, 0.29) is 22.6 Å². The van der Waals surface area contributed by atoms with E-state index in [0.717, 1.165) is 5.69 Å². The molecule has 0 unspecified atom stereocenters. The minimum absolute atomic E-state index is 0.0112. The standard InChI is InChI=1S/C17H17N3O3/c1-17(2,3)16-11-18-14(10-19-16)15(21)9-6-12-4-7-13(8-5-12)20(22)23/h4-11H,1-3H3/b9-6+. The van der Waals surface area contributed by atoms with E-state index >= 15 is 0 Å². The van der Waals surface area contributed by atoms with E-state index < -0.39 is 4.92 Å². The molecule has 0 fully saturated rings. The fourth-order valence-corrected chi connectivity index (χ4v) is 1.81. The van der Waals surface area contributed by atoms with Crippen LogP contribution in [0.1, 0.15) is 42.5 Å². The van der Waals surface area contributed by atoms with Gasteiger partial charge >= 0.3 is 0 Å². The van der Waals surface area contributed by atoms with Crippen molar-refractivity contribution in [2.24, 2.45) is 0 Å². The molecule has 118 valence electrons. The summed E-state index contributed by atoms with van der Waals surface area (Å²) in [5.74, 6) is -0.267. The predicted octanol–water partition coefficient (Wildman–Crippen LogP) is 3.58. The number of rotatable bonds is 4. The van der Waals surface area contributed by atoms with E-state index in [1.165, 1.54) is 24.4 Å². The smallest absolute Gasteiger partial charge is 0.269 e. The minimum Gasteiger partial charge on any atom is -0.287 e. The molecule has 0 bridgehead atoms. The monoisotopic (exact) mass is 311 g/mol. The molecule has 6 nitrogen and oxygen atoms in total. The lowest BCUT2D eigenvalue weighted by Crippen LogP contribution is -2.14. The van der Waals surface area contributed by atoms with Gasteiger partial charge in [-0.1, -0.05) is 26.8 Å². The van der Waals surface area contributed by atoms with Crippen molar-refractivity contribution in [1.29, 1.82) is 0 Å². The molecular weight excluding hydrogens is 294 g/mol. The lowest BCUT2D eigenvalue weighted by Gasteiger charge is -2.16. The highest BCUT2D eigenvalue weighted by Crippen LogP contribution is 2.18. The molecule has 0 saturated heterocycles. The first-order valence-corrected chi connectivity index (χ1v) is 7.07. The molecule has 0 atom stereocenters. The highest BCUT2D eigenvalue weighted by atomic mass is 16.6. The average Bonchev–Trinajstić information content (AvgIpc) is 2.52. The molecule has 6 heteroatoms. The third-order valence-electron chi connectivity index (χ3n) is 3.20. The zero-order valence-electron chi connectivity index (χ0n) is 13.2. The van der Waals surface area contributed by atoms with Gasteiger partial charge < -0.3 is 0 Å². The molecule has 2 aromatic rings. The largest absolute Gasteiger partial charge is 0.287 e. The van der Waals surface area contributed by atoms with Crippen molar-refractivity contribution in [3.05, 3.63) is 69.8 Å². The number of carbonyl (C=O) groups excluding carboxylic acids is 1. The number of non-ortho nitro benzene ring substituents is 1. The Balaban J connectivity index is 2.10. The second-order valence-electron chi connectivity index (χ2n) is 6.08. The van der Waals surface area contributed by atoms with Crippen LogP contribution in [0.4, 0.5) is 5.69 Å². The number of aromatic nitrogens is 2. The molecule has 0 saturated carbocycles. The van der Waals surface area contributed by atoms with Crippen LogP contribution in [-0.2, 0) is 5.41 Å². The normalized spacial score (nSPS) is 11.6. The Morgan fingerprint density at radius 2 is 1.78 bits per heavy atom. The molecule has 2 rings (SSSR count). The van der Waals surface area contributed by atoms with Crippen molar-refractivity contribution < 1.29 is 9.72 Å². The number of nitro groups is 1. The lowest BCUT2D eigenvalue weighted by molar-refractivity contribution is -0.384. The molecule has 0 radical (unpaired) electrons. The molecule has 0 N–H and O–H groups in total. The van der Waals surface area contributed by atoms with Crippen molar-refractivity contribution in [1.82, 2.24) is 9.97 Å². The fraction of sp³-hybridized carbons (Fsp3) is 0.235. The van der Waals surface area contributed by atoms with Gasteiger partial charge in [0.1, 0.15) is 5.69 Å². The quantitative estimate of drug-likeness (QED) is 0.373. The molecule has 0 aliphatic rings. The summed E-state index contributed by atoms with van der Waals surface area (Å²) in [5.41, 5.74) is 1.66. The second kappa shape index (κ2) is 6.48. The highest BCUT2D eigenvalue weighted by Gasteiger charge is 2.16. The number of benzene rings is 1. The van der Waals surface area contributed by atoms with E-state index in [9.17, 15) is 14.9 Å². The van der Waals surface area contributed by atoms with Gasteiger partial charge in [0.25, 0.3) is 5.69 Å². The third-order valence-corrected chi connectivity index (χ3v) is 3.20. The number of allylic oxidation sites excluding steroid dienone is 1. The zero-order chi connectivity index (χ0) is 17.0. The summed E-state index contributed by atoms with van der Waals surface area (Å²) < 4.78 is 0. The Morgan fingerprint density at radius 1 is 1.13 bits per heavy atom. The van der Waals surface area contributed by atoms with E-state index in [2.05, 4.69) is 9.97 Å². The van der Waals surface area contributed by atoms with Gasteiger partial charge in [0.2, 0.25) is 5.78 Å². The molecule has 0 amide bonds. The summed E-state index contributed by atoms with van der Waals surface area (Å²) in [6, 6.07) is 5.94. The zero-order valence-corrected chi connectivity index (χ0v) is 13.2. The number of carbonyl (C=O) groups is 1. The lowest BCUT2D eigenvalue weighted by atomic mass is 9.93. The van der Waals surface area contributed by atoms with E-state index in [0.29, 0.717) is 5.56 Å². The van der Waals surface area contributed by atoms with Gasteiger partial charge in [-0.2, -0.15) is 0 Å². The van der Waals surface area contributed by atoms with Crippen LogP contribution >= 0.6 is 0 Å². The van der Waals surface area contributed by atoms with Crippen molar-refractivity contribution in [2.45, 2.75) is 26.2 Å². The van der Waals surface area contributed by atoms with Gasteiger partial charge in [0.15, 0.2) is 0 Å². The van der Waals surface area contributed by atoms with Crippen LogP contribution in [0.25, 0.3) is 6.08 Å². The van der Waals surface area contributed by atoms with Crippen LogP contribution in [0.2, 0.25) is 0 Å².